The number of nitriles is 2. The molecular formula is C18H10Cl2N2. The summed E-state index contributed by atoms with van der Waals surface area (Å²) >= 11 is 12.1. The van der Waals surface area contributed by atoms with Crippen molar-refractivity contribution in [3.05, 3.63) is 81.4 Å². The van der Waals surface area contributed by atoms with E-state index < -0.39 is 0 Å². The van der Waals surface area contributed by atoms with Crippen molar-refractivity contribution in [2.45, 2.75) is 0 Å². The van der Waals surface area contributed by atoms with Crippen LogP contribution in [0.25, 0.3) is 11.6 Å². The molecule has 0 atom stereocenters. The van der Waals surface area contributed by atoms with E-state index in [0.717, 1.165) is 5.56 Å². The van der Waals surface area contributed by atoms with Crippen LogP contribution in [-0.4, -0.2) is 0 Å². The van der Waals surface area contributed by atoms with Crippen molar-refractivity contribution in [3.8, 4) is 12.1 Å². The molecule has 0 N–H and O–H groups in total. The summed E-state index contributed by atoms with van der Waals surface area (Å²) in [6.45, 7) is 0. The van der Waals surface area contributed by atoms with E-state index in [-0.39, 0.29) is 5.57 Å². The first-order chi connectivity index (χ1) is 10.7. The zero-order valence-electron chi connectivity index (χ0n) is 11.4. The Kier molecular flexibility index (Phi) is 5.39. The molecule has 106 valence electrons. The van der Waals surface area contributed by atoms with Gasteiger partial charge in [-0.25, -0.2) is 0 Å². The lowest BCUT2D eigenvalue weighted by atomic mass is 9.99. The molecule has 0 bridgehead atoms. The molecule has 2 aromatic rings. The third kappa shape index (κ3) is 3.77. The summed E-state index contributed by atoms with van der Waals surface area (Å²) in [5.74, 6) is 0. The first-order valence-corrected chi connectivity index (χ1v) is 7.14. The van der Waals surface area contributed by atoms with Crippen LogP contribution in [0, 0.1) is 22.7 Å². The van der Waals surface area contributed by atoms with Gasteiger partial charge in [-0.1, -0.05) is 65.7 Å². The van der Waals surface area contributed by atoms with E-state index in [9.17, 15) is 0 Å². The van der Waals surface area contributed by atoms with Crippen molar-refractivity contribution < 1.29 is 0 Å². The van der Waals surface area contributed by atoms with Gasteiger partial charge in [-0.05, 0) is 29.3 Å². The molecule has 2 aromatic carbocycles. The van der Waals surface area contributed by atoms with Crippen molar-refractivity contribution in [3.63, 3.8) is 0 Å². The second-order valence-corrected chi connectivity index (χ2v) is 5.22. The molecule has 0 aliphatic carbocycles. The molecule has 0 aliphatic rings. The number of allylic oxidation sites excluding steroid dienone is 3. The number of rotatable bonds is 3. The van der Waals surface area contributed by atoms with Gasteiger partial charge in [0.05, 0.1) is 0 Å². The van der Waals surface area contributed by atoms with Gasteiger partial charge >= 0.3 is 0 Å². The van der Waals surface area contributed by atoms with Gasteiger partial charge in [0, 0.05) is 15.6 Å². The Morgan fingerprint density at radius 3 is 2.32 bits per heavy atom. The predicted octanol–water partition coefficient (Wildman–Crippen LogP) is 5.51. The largest absolute Gasteiger partial charge is 0.192 e. The second kappa shape index (κ2) is 7.48. The normalized spacial score (nSPS) is 10.0. The third-order valence-electron chi connectivity index (χ3n) is 2.96. The minimum absolute atomic E-state index is 0.0190. The van der Waals surface area contributed by atoms with Crippen LogP contribution in [0.2, 0.25) is 10.0 Å². The number of nitrogens with zero attached hydrogens (tertiary/aromatic N) is 2. The summed E-state index contributed by atoms with van der Waals surface area (Å²) in [6, 6.07) is 18.2. The van der Waals surface area contributed by atoms with E-state index in [4.69, 9.17) is 33.7 Å². The number of benzene rings is 2. The number of hydrogen-bond donors (Lipinski definition) is 0. The van der Waals surface area contributed by atoms with Gasteiger partial charge < -0.3 is 0 Å². The molecule has 0 aromatic heterocycles. The Labute approximate surface area is 139 Å². The predicted molar refractivity (Wildman–Crippen MR) is 90.1 cm³/mol. The molecule has 0 heterocycles. The van der Waals surface area contributed by atoms with E-state index in [1.807, 2.05) is 30.3 Å². The monoisotopic (exact) mass is 324 g/mol. The summed E-state index contributed by atoms with van der Waals surface area (Å²) in [7, 11) is 0. The van der Waals surface area contributed by atoms with E-state index in [1.54, 1.807) is 42.5 Å². The Hall–Kier alpha value is -2.52. The molecule has 2 nitrogen and oxygen atoms in total. The average Bonchev–Trinajstić information content (AvgIpc) is 2.53. The lowest BCUT2D eigenvalue weighted by molar-refractivity contribution is 1.46. The highest BCUT2D eigenvalue weighted by Crippen LogP contribution is 2.25. The maximum Gasteiger partial charge on any atom is 0.137 e. The highest BCUT2D eigenvalue weighted by Gasteiger charge is 2.07. The van der Waals surface area contributed by atoms with Gasteiger partial charge in [0.15, 0.2) is 0 Å². The van der Waals surface area contributed by atoms with E-state index in [2.05, 4.69) is 0 Å². The van der Waals surface area contributed by atoms with E-state index >= 15 is 0 Å². The van der Waals surface area contributed by atoms with Crippen LogP contribution in [0.3, 0.4) is 0 Å². The third-order valence-corrected chi connectivity index (χ3v) is 3.54. The van der Waals surface area contributed by atoms with Gasteiger partial charge in [-0.15, -0.1) is 0 Å². The zero-order chi connectivity index (χ0) is 15.9. The van der Waals surface area contributed by atoms with Crippen molar-refractivity contribution in [2.75, 3.05) is 0 Å². The van der Waals surface area contributed by atoms with Gasteiger partial charge in [-0.2, -0.15) is 10.5 Å². The molecule has 0 unspecified atom stereocenters. The van der Waals surface area contributed by atoms with Gasteiger partial charge in [0.1, 0.15) is 17.7 Å². The van der Waals surface area contributed by atoms with Crippen molar-refractivity contribution >= 4 is 34.9 Å². The highest BCUT2D eigenvalue weighted by molar-refractivity contribution is 6.32. The molecule has 4 heteroatoms. The minimum Gasteiger partial charge on any atom is -0.192 e. The molecule has 0 aliphatic heterocycles. The minimum atomic E-state index is 0.0190. The first-order valence-electron chi connectivity index (χ1n) is 6.38. The van der Waals surface area contributed by atoms with Crippen LogP contribution >= 0.6 is 23.2 Å². The molecule has 2 rings (SSSR count). The Morgan fingerprint density at radius 1 is 0.955 bits per heavy atom. The maximum absolute atomic E-state index is 9.16. The highest BCUT2D eigenvalue weighted by atomic mass is 35.5. The van der Waals surface area contributed by atoms with Crippen molar-refractivity contribution in [1.82, 2.24) is 0 Å². The van der Waals surface area contributed by atoms with Crippen LogP contribution in [0.4, 0.5) is 0 Å². The lowest BCUT2D eigenvalue weighted by Crippen LogP contribution is -1.87. The molecule has 0 fully saturated rings. The Bertz CT molecular complexity index is 821. The SMILES string of the molecule is N#CC(C#N)=C(/C=C/c1ccccc1Cl)c1cccc(Cl)c1. The van der Waals surface area contributed by atoms with Crippen molar-refractivity contribution in [1.29, 1.82) is 10.5 Å². The standard InChI is InChI=1S/C18H10Cl2N2/c19-16-6-3-5-14(10-16)17(15(11-21)12-22)9-8-13-4-1-2-7-18(13)20/h1-10H/b9-8+. The van der Waals surface area contributed by atoms with Crippen LogP contribution in [0.15, 0.2) is 60.2 Å². The lowest BCUT2D eigenvalue weighted by Gasteiger charge is -2.04. The Balaban J connectivity index is 2.53. The molecule has 0 saturated heterocycles. The van der Waals surface area contributed by atoms with Crippen LogP contribution in [0.1, 0.15) is 11.1 Å². The quantitative estimate of drug-likeness (QED) is 0.552. The molecule has 0 spiro atoms. The van der Waals surface area contributed by atoms with Gasteiger partial charge in [0.25, 0.3) is 0 Å². The maximum atomic E-state index is 9.16. The summed E-state index contributed by atoms with van der Waals surface area (Å²) in [6.07, 6.45) is 3.47. The fraction of sp³-hybridized carbons (Fsp3) is 0. The Morgan fingerprint density at radius 2 is 1.68 bits per heavy atom. The zero-order valence-corrected chi connectivity index (χ0v) is 12.9. The van der Waals surface area contributed by atoms with Gasteiger partial charge in [0.2, 0.25) is 0 Å². The molecule has 0 saturated carbocycles. The topological polar surface area (TPSA) is 47.6 Å². The van der Waals surface area contributed by atoms with Crippen LogP contribution in [-0.2, 0) is 0 Å². The fourth-order valence-corrected chi connectivity index (χ4v) is 2.30. The summed E-state index contributed by atoms with van der Waals surface area (Å²) in [5.41, 5.74) is 2.03. The van der Waals surface area contributed by atoms with Crippen LogP contribution in [0.5, 0.6) is 0 Å². The summed E-state index contributed by atoms with van der Waals surface area (Å²) < 4.78 is 0. The molecule has 0 radical (unpaired) electrons. The second-order valence-electron chi connectivity index (χ2n) is 4.38. The molecular weight excluding hydrogens is 315 g/mol. The summed E-state index contributed by atoms with van der Waals surface area (Å²) in [4.78, 5) is 0. The summed E-state index contributed by atoms with van der Waals surface area (Å²) in [5, 5.41) is 19.4. The average molecular weight is 325 g/mol. The first kappa shape index (κ1) is 15.9. The van der Waals surface area contributed by atoms with E-state index in [1.165, 1.54) is 0 Å². The fourth-order valence-electron chi connectivity index (χ4n) is 1.91. The molecule has 0 amide bonds. The van der Waals surface area contributed by atoms with Crippen molar-refractivity contribution in [2.24, 2.45) is 0 Å². The number of hydrogen-bond acceptors (Lipinski definition) is 2. The molecule has 22 heavy (non-hydrogen) atoms. The van der Waals surface area contributed by atoms with Crippen LogP contribution < -0.4 is 0 Å². The van der Waals surface area contributed by atoms with Gasteiger partial charge in [-0.3, -0.25) is 0 Å². The number of halogens is 2. The van der Waals surface area contributed by atoms with E-state index in [0.29, 0.717) is 21.2 Å². The smallest absolute Gasteiger partial charge is 0.137 e.